The summed E-state index contributed by atoms with van der Waals surface area (Å²) in [5, 5.41) is 2.92. The second-order valence-corrected chi connectivity index (χ2v) is 6.06. The molecule has 2 aromatic rings. The van der Waals surface area contributed by atoms with E-state index in [2.05, 4.69) is 10.3 Å². The van der Waals surface area contributed by atoms with Crippen molar-refractivity contribution in [2.75, 3.05) is 24.3 Å². The summed E-state index contributed by atoms with van der Waals surface area (Å²) in [5.74, 6) is 1.10. The SMILES string of the molecule is CCOCCCn1c(N)nc2cc3c(cc21)OC1(CC1)C(=O)N3. The topological polar surface area (TPSA) is 91.4 Å². The van der Waals surface area contributed by atoms with Crippen LogP contribution in [0.2, 0.25) is 0 Å². The molecule has 0 radical (unpaired) electrons. The molecule has 0 saturated heterocycles. The summed E-state index contributed by atoms with van der Waals surface area (Å²) in [6, 6.07) is 3.75. The molecule has 122 valence electrons. The van der Waals surface area contributed by atoms with E-state index in [-0.39, 0.29) is 5.91 Å². The summed E-state index contributed by atoms with van der Waals surface area (Å²) in [5.41, 5.74) is 7.74. The van der Waals surface area contributed by atoms with Crippen LogP contribution in [-0.4, -0.2) is 34.3 Å². The van der Waals surface area contributed by atoms with Gasteiger partial charge in [-0.1, -0.05) is 0 Å². The zero-order valence-electron chi connectivity index (χ0n) is 13.1. The Morgan fingerprint density at radius 3 is 3.04 bits per heavy atom. The maximum absolute atomic E-state index is 12.1. The second kappa shape index (κ2) is 5.13. The molecule has 7 heteroatoms. The third-order valence-electron chi connectivity index (χ3n) is 4.43. The smallest absolute Gasteiger partial charge is 0.268 e. The van der Waals surface area contributed by atoms with Gasteiger partial charge in [0.1, 0.15) is 5.75 Å². The molecule has 2 aliphatic rings. The molecule has 4 rings (SSSR count). The number of benzene rings is 1. The highest BCUT2D eigenvalue weighted by molar-refractivity contribution is 6.04. The molecular weight excluding hydrogens is 296 g/mol. The molecule has 2 heterocycles. The van der Waals surface area contributed by atoms with Crippen molar-refractivity contribution in [2.24, 2.45) is 0 Å². The van der Waals surface area contributed by atoms with E-state index >= 15 is 0 Å². The Morgan fingerprint density at radius 2 is 2.30 bits per heavy atom. The standard InChI is InChI=1S/C16H20N4O3/c1-2-22-7-3-6-20-12-9-13-11(8-10(12)19-15(20)17)18-14(21)16(23-13)4-5-16/h8-9H,2-7H2,1H3,(H2,17,19)(H,18,21). The van der Waals surface area contributed by atoms with Crippen molar-refractivity contribution < 1.29 is 14.3 Å². The average Bonchev–Trinajstić information content (AvgIpc) is 3.23. The number of amides is 1. The quantitative estimate of drug-likeness (QED) is 0.822. The summed E-state index contributed by atoms with van der Waals surface area (Å²) in [6.07, 6.45) is 2.40. The predicted octanol–water partition coefficient (Wildman–Crippen LogP) is 1.91. The third-order valence-corrected chi connectivity index (χ3v) is 4.43. The first-order valence-corrected chi connectivity index (χ1v) is 8.01. The zero-order chi connectivity index (χ0) is 16.0. The van der Waals surface area contributed by atoms with Crippen molar-refractivity contribution in [3.63, 3.8) is 0 Å². The summed E-state index contributed by atoms with van der Waals surface area (Å²) < 4.78 is 13.3. The highest BCUT2D eigenvalue weighted by atomic mass is 16.5. The van der Waals surface area contributed by atoms with E-state index in [0.717, 1.165) is 36.8 Å². The number of aromatic nitrogens is 2. The number of fused-ring (bicyclic) bond motifs is 2. The highest BCUT2D eigenvalue weighted by Crippen LogP contribution is 2.47. The van der Waals surface area contributed by atoms with Gasteiger partial charge in [-0.15, -0.1) is 0 Å². The van der Waals surface area contributed by atoms with Crippen LogP contribution in [0.5, 0.6) is 5.75 Å². The van der Waals surface area contributed by atoms with E-state index < -0.39 is 5.60 Å². The monoisotopic (exact) mass is 316 g/mol. The minimum Gasteiger partial charge on any atom is -0.475 e. The molecule has 1 aliphatic heterocycles. The van der Waals surface area contributed by atoms with Crippen LogP contribution in [0.3, 0.4) is 0 Å². The van der Waals surface area contributed by atoms with Crippen molar-refractivity contribution in [1.29, 1.82) is 0 Å². The van der Waals surface area contributed by atoms with Gasteiger partial charge in [-0.05, 0) is 19.4 Å². The fourth-order valence-corrected chi connectivity index (χ4v) is 2.99. The Balaban J connectivity index is 1.67. The van der Waals surface area contributed by atoms with E-state index in [1.807, 2.05) is 23.6 Å². The molecule has 0 atom stereocenters. The summed E-state index contributed by atoms with van der Waals surface area (Å²) >= 11 is 0. The van der Waals surface area contributed by atoms with Crippen molar-refractivity contribution in [2.45, 2.75) is 38.3 Å². The molecule has 1 aromatic carbocycles. The molecule has 1 fully saturated rings. The number of ether oxygens (including phenoxy) is 2. The van der Waals surface area contributed by atoms with Crippen LogP contribution in [-0.2, 0) is 16.1 Å². The number of nitrogens with zero attached hydrogens (tertiary/aromatic N) is 2. The number of hydrogen-bond acceptors (Lipinski definition) is 5. The van der Waals surface area contributed by atoms with E-state index in [0.29, 0.717) is 30.6 Å². The molecule has 23 heavy (non-hydrogen) atoms. The summed E-state index contributed by atoms with van der Waals surface area (Å²) in [6.45, 7) is 4.12. The Labute approximate surface area is 133 Å². The largest absolute Gasteiger partial charge is 0.475 e. The van der Waals surface area contributed by atoms with Gasteiger partial charge in [-0.2, -0.15) is 0 Å². The molecule has 1 saturated carbocycles. The highest BCUT2D eigenvalue weighted by Gasteiger charge is 2.55. The number of nitrogen functional groups attached to an aromatic ring is 1. The number of nitrogens with one attached hydrogen (secondary N) is 1. The van der Waals surface area contributed by atoms with Crippen LogP contribution >= 0.6 is 0 Å². The van der Waals surface area contributed by atoms with Crippen LogP contribution < -0.4 is 15.8 Å². The van der Waals surface area contributed by atoms with Gasteiger partial charge in [-0.25, -0.2) is 4.98 Å². The molecular formula is C16H20N4O3. The number of imidazole rings is 1. The van der Waals surface area contributed by atoms with Crippen molar-refractivity contribution >= 4 is 28.6 Å². The molecule has 3 N–H and O–H groups in total. The fraction of sp³-hybridized carbons (Fsp3) is 0.500. The third kappa shape index (κ3) is 2.31. The minimum atomic E-state index is -0.647. The lowest BCUT2D eigenvalue weighted by molar-refractivity contribution is -0.125. The van der Waals surface area contributed by atoms with Crippen LogP contribution in [0.15, 0.2) is 12.1 Å². The van der Waals surface area contributed by atoms with E-state index in [1.165, 1.54) is 0 Å². The normalized spacial score (nSPS) is 17.9. The average molecular weight is 316 g/mol. The van der Waals surface area contributed by atoms with Gasteiger partial charge in [-0.3, -0.25) is 4.79 Å². The van der Waals surface area contributed by atoms with E-state index in [9.17, 15) is 4.79 Å². The number of anilines is 2. The van der Waals surface area contributed by atoms with Crippen LogP contribution in [0.4, 0.5) is 11.6 Å². The first-order valence-electron chi connectivity index (χ1n) is 8.01. The maximum atomic E-state index is 12.1. The molecule has 0 bridgehead atoms. The number of carbonyl (C=O) groups is 1. The van der Waals surface area contributed by atoms with Crippen molar-refractivity contribution in [3.05, 3.63) is 12.1 Å². The number of carbonyl (C=O) groups excluding carboxylic acids is 1. The summed E-state index contributed by atoms with van der Waals surface area (Å²) in [7, 11) is 0. The first kappa shape index (κ1) is 14.3. The van der Waals surface area contributed by atoms with Gasteiger partial charge in [0.25, 0.3) is 5.91 Å². The predicted molar refractivity (Wildman–Crippen MR) is 86.5 cm³/mol. The molecule has 0 unspecified atom stereocenters. The van der Waals surface area contributed by atoms with Gasteiger partial charge in [0.15, 0.2) is 5.60 Å². The number of aryl methyl sites for hydroxylation is 1. The lowest BCUT2D eigenvalue weighted by atomic mass is 10.2. The lowest BCUT2D eigenvalue weighted by Crippen LogP contribution is -2.38. The molecule has 7 nitrogen and oxygen atoms in total. The number of rotatable bonds is 5. The Morgan fingerprint density at radius 1 is 1.48 bits per heavy atom. The lowest BCUT2D eigenvalue weighted by Gasteiger charge is -2.25. The van der Waals surface area contributed by atoms with Gasteiger partial charge < -0.3 is 25.1 Å². The van der Waals surface area contributed by atoms with E-state index in [4.69, 9.17) is 15.2 Å². The van der Waals surface area contributed by atoms with Gasteiger partial charge in [0, 0.05) is 38.7 Å². The molecule has 1 aliphatic carbocycles. The van der Waals surface area contributed by atoms with Crippen molar-refractivity contribution in [3.8, 4) is 5.75 Å². The van der Waals surface area contributed by atoms with Gasteiger partial charge >= 0.3 is 0 Å². The molecule has 1 aromatic heterocycles. The van der Waals surface area contributed by atoms with Gasteiger partial charge in [0.2, 0.25) is 5.95 Å². The van der Waals surface area contributed by atoms with Gasteiger partial charge in [0.05, 0.1) is 16.7 Å². The Kier molecular flexibility index (Phi) is 3.19. The van der Waals surface area contributed by atoms with Crippen LogP contribution in [0.25, 0.3) is 11.0 Å². The van der Waals surface area contributed by atoms with E-state index in [1.54, 1.807) is 0 Å². The Hall–Kier alpha value is -2.28. The fourth-order valence-electron chi connectivity index (χ4n) is 2.99. The van der Waals surface area contributed by atoms with Crippen molar-refractivity contribution in [1.82, 2.24) is 9.55 Å². The zero-order valence-corrected chi connectivity index (χ0v) is 13.1. The first-order chi connectivity index (χ1) is 11.1. The molecule has 1 spiro atoms. The summed E-state index contributed by atoms with van der Waals surface area (Å²) in [4.78, 5) is 16.4. The van der Waals surface area contributed by atoms with Crippen LogP contribution in [0.1, 0.15) is 26.2 Å². The number of hydrogen-bond donors (Lipinski definition) is 2. The second-order valence-electron chi connectivity index (χ2n) is 6.06. The maximum Gasteiger partial charge on any atom is 0.268 e. The Bertz CT molecular complexity index is 779. The minimum absolute atomic E-state index is 0.0616. The van der Waals surface area contributed by atoms with Crippen LogP contribution in [0, 0.1) is 0 Å². The molecule has 1 amide bonds. The number of nitrogens with two attached hydrogens (primary N) is 1.